The van der Waals surface area contributed by atoms with Crippen molar-refractivity contribution in [2.45, 2.75) is 20.8 Å². The van der Waals surface area contributed by atoms with Crippen molar-refractivity contribution in [1.82, 2.24) is 4.98 Å². The van der Waals surface area contributed by atoms with Gasteiger partial charge < -0.3 is 5.32 Å². The fourth-order valence-electron chi connectivity index (χ4n) is 0.878. The summed E-state index contributed by atoms with van der Waals surface area (Å²) >= 11 is 3.35. The van der Waals surface area contributed by atoms with E-state index in [1.54, 1.807) is 6.20 Å². The Balaban J connectivity index is 2.78. The van der Waals surface area contributed by atoms with Crippen LogP contribution in [0, 0.1) is 12.8 Å². The Morgan fingerprint density at radius 3 is 2.71 bits per heavy atom. The van der Waals surface area contributed by atoms with E-state index in [2.05, 4.69) is 26.2 Å². The minimum atomic E-state index is -0.0271. The Morgan fingerprint density at radius 1 is 1.57 bits per heavy atom. The third-order valence-electron chi connectivity index (χ3n) is 1.82. The molecule has 0 saturated carbocycles. The molecule has 1 N–H and O–H groups in total. The van der Waals surface area contributed by atoms with Crippen LogP contribution >= 0.6 is 15.9 Å². The lowest BCUT2D eigenvalue weighted by molar-refractivity contribution is -0.118. The highest BCUT2D eigenvalue weighted by molar-refractivity contribution is 9.10. The molecule has 0 aliphatic rings. The first-order valence-corrected chi connectivity index (χ1v) is 5.23. The van der Waals surface area contributed by atoms with Gasteiger partial charge in [-0.15, -0.1) is 0 Å². The molecule has 0 unspecified atom stereocenters. The number of rotatable bonds is 2. The number of hydrogen-bond acceptors (Lipinski definition) is 2. The summed E-state index contributed by atoms with van der Waals surface area (Å²) in [6.07, 6.45) is 1.69. The summed E-state index contributed by atoms with van der Waals surface area (Å²) in [5.74, 6) is 0.560. The smallest absolute Gasteiger partial charge is 0.228 e. The van der Waals surface area contributed by atoms with Crippen molar-refractivity contribution < 1.29 is 4.79 Å². The van der Waals surface area contributed by atoms with Gasteiger partial charge in [-0.1, -0.05) is 13.8 Å². The lowest BCUT2D eigenvalue weighted by Crippen LogP contribution is -2.18. The minimum Gasteiger partial charge on any atom is -0.310 e. The van der Waals surface area contributed by atoms with Gasteiger partial charge in [-0.25, -0.2) is 4.98 Å². The van der Waals surface area contributed by atoms with Crippen LogP contribution in [0.5, 0.6) is 0 Å². The Morgan fingerprint density at radius 2 is 2.21 bits per heavy atom. The summed E-state index contributed by atoms with van der Waals surface area (Å²) in [7, 11) is 0. The molecular formula is C10H13BrN2O. The molecule has 0 radical (unpaired) electrons. The number of aromatic nitrogens is 1. The third kappa shape index (κ3) is 2.80. The summed E-state index contributed by atoms with van der Waals surface area (Å²) in [5, 5.41) is 2.74. The van der Waals surface area contributed by atoms with Crippen LogP contribution in [0.3, 0.4) is 0 Å². The summed E-state index contributed by atoms with van der Waals surface area (Å²) in [4.78, 5) is 15.4. The van der Waals surface area contributed by atoms with Crippen LogP contribution in [0.25, 0.3) is 0 Å². The number of anilines is 1. The number of amides is 1. The quantitative estimate of drug-likeness (QED) is 0.885. The zero-order valence-corrected chi connectivity index (χ0v) is 10.1. The van der Waals surface area contributed by atoms with Crippen LogP contribution < -0.4 is 5.32 Å². The molecule has 3 nitrogen and oxygen atoms in total. The lowest BCUT2D eigenvalue weighted by Gasteiger charge is -2.07. The van der Waals surface area contributed by atoms with E-state index in [-0.39, 0.29) is 11.8 Å². The molecule has 0 aliphatic carbocycles. The molecule has 14 heavy (non-hydrogen) atoms. The van der Waals surface area contributed by atoms with E-state index in [0.29, 0.717) is 5.82 Å². The van der Waals surface area contributed by atoms with Crippen molar-refractivity contribution in [3.63, 3.8) is 0 Å². The van der Waals surface area contributed by atoms with E-state index >= 15 is 0 Å². The average Bonchev–Trinajstić information content (AvgIpc) is 2.11. The van der Waals surface area contributed by atoms with E-state index in [1.807, 2.05) is 26.8 Å². The Labute approximate surface area is 92.1 Å². The predicted octanol–water partition coefficient (Wildman–Crippen LogP) is 2.75. The monoisotopic (exact) mass is 256 g/mol. The maximum atomic E-state index is 11.3. The van der Waals surface area contributed by atoms with Gasteiger partial charge in [0.05, 0.1) is 0 Å². The highest BCUT2D eigenvalue weighted by Gasteiger charge is 2.08. The summed E-state index contributed by atoms with van der Waals surface area (Å²) in [5.41, 5.74) is 1.05. The van der Waals surface area contributed by atoms with Crippen molar-refractivity contribution >= 4 is 27.7 Å². The molecule has 0 atom stereocenters. The van der Waals surface area contributed by atoms with Gasteiger partial charge in [-0.3, -0.25) is 4.79 Å². The van der Waals surface area contributed by atoms with Crippen LogP contribution in [0.15, 0.2) is 16.7 Å². The van der Waals surface area contributed by atoms with Crippen molar-refractivity contribution in [3.05, 3.63) is 22.3 Å². The van der Waals surface area contributed by atoms with Gasteiger partial charge in [0, 0.05) is 16.6 Å². The second-order valence-corrected chi connectivity index (χ2v) is 4.32. The van der Waals surface area contributed by atoms with Gasteiger partial charge in [0.15, 0.2) is 0 Å². The highest BCUT2D eigenvalue weighted by Crippen LogP contribution is 2.17. The lowest BCUT2D eigenvalue weighted by atomic mass is 10.2. The van der Waals surface area contributed by atoms with E-state index in [4.69, 9.17) is 0 Å². The van der Waals surface area contributed by atoms with Gasteiger partial charge in [0.1, 0.15) is 5.82 Å². The number of hydrogen-bond donors (Lipinski definition) is 1. The van der Waals surface area contributed by atoms with Crippen molar-refractivity contribution in [2.24, 2.45) is 5.92 Å². The van der Waals surface area contributed by atoms with E-state index in [9.17, 15) is 4.79 Å². The topological polar surface area (TPSA) is 42.0 Å². The average molecular weight is 257 g/mol. The molecular weight excluding hydrogens is 244 g/mol. The van der Waals surface area contributed by atoms with Crippen molar-refractivity contribution in [1.29, 1.82) is 0 Å². The van der Waals surface area contributed by atoms with Crippen LogP contribution in [0.1, 0.15) is 19.4 Å². The van der Waals surface area contributed by atoms with Crippen LogP contribution in [-0.4, -0.2) is 10.9 Å². The highest BCUT2D eigenvalue weighted by atomic mass is 79.9. The first-order valence-electron chi connectivity index (χ1n) is 4.43. The standard InChI is InChI=1S/C10H13BrN2O/c1-6(2)10(14)13-9-4-7(3)8(11)5-12-9/h4-6H,1-3H3,(H,12,13,14). The minimum absolute atomic E-state index is 0.0146. The number of halogens is 1. The third-order valence-corrected chi connectivity index (χ3v) is 2.65. The molecule has 0 fully saturated rings. The Bertz CT molecular complexity index is 350. The largest absolute Gasteiger partial charge is 0.310 e. The van der Waals surface area contributed by atoms with Crippen molar-refractivity contribution in [3.8, 4) is 0 Å². The SMILES string of the molecule is Cc1cc(NC(=O)C(C)C)ncc1Br. The number of nitrogens with one attached hydrogen (secondary N) is 1. The van der Waals surface area contributed by atoms with Crippen LogP contribution in [0.4, 0.5) is 5.82 Å². The molecule has 1 amide bonds. The maximum absolute atomic E-state index is 11.3. The number of pyridine rings is 1. The zero-order valence-electron chi connectivity index (χ0n) is 8.47. The number of nitrogens with zero attached hydrogens (tertiary/aromatic N) is 1. The molecule has 0 spiro atoms. The molecule has 0 saturated heterocycles. The number of carbonyl (C=O) groups excluding carboxylic acids is 1. The van der Waals surface area contributed by atoms with Crippen molar-refractivity contribution in [2.75, 3.05) is 5.32 Å². The molecule has 1 aromatic heterocycles. The number of carbonyl (C=O) groups is 1. The molecule has 4 heteroatoms. The summed E-state index contributed by atoms with van der Waals surface area (Å²) in [6.45, 7) is 5.65. The van der Waals surface area contributed by atoms with Crippen LogP contribution in [0.2, 0.25) is 0 Å². The van der Waals surface area contributed by atoms with Crippen LogP contribution in [-0.2, 0) is 4.79 Å². The second-order valence-electron chi connectivity index (χ2n) is 3.46. The molecule has 76 valence electrons. The van der Waals surface area contributed by atoms with Gasteiger partial charge in [0.25, 0.3) is 0 Å². The van der Waals surface area contributed by atoms with E-state index in [1.165, 1.54) is 0 Å². The van der Waals surface area contributed by atoms with E-state index < -0.39 is 0 Å². The molecule has 1 rings (SSSR count). The number of aryl methyl sites for hydroxylation is 1. The van der Waals surface area contributed by atoms with E-state index in [0.717, 1.165) is 10.0 Å². The van der Waals surface area contributed by atoms with Gasteiger partial charge >= 0.3 is 0 Å². The Hall–Kier alpha value is -0.900. The fourth-order valence-corrected chi connectivity index (χ4v) is 1.10. The van der Waals surface area contributed by atoms with Gasteiger partial charge in [-0.2, -0.15) is 0 Å². The molecule has 0 aromatic carbocycles. The maximum Gasteiger partial charge on any atom is 0.228 e. The summed E-state index contributed by atoms with van der Waals surface area (Å²) in [6, 6.07) is 1.84. The fraction of sp³-hybridized carbons (Fsp3) is 0.400. The second kappa shape index (κ2) is 4.55. The first-order chi connectivity index (χ1) is 6.50. The summed E-state index contributed by atoms with van der Waals surface area (Å²) < 4.78 is 0.944. The first kappa shape index (κ1) is 11.2. The predicted molar refractivity (Wildman–Crippen MR) is 60.1 cm³/mol. The Kier molecular flexibility index (Phi) is 3.63. The van der Waals surface area contributed by atoms with Gasteiger partial charge in [0.2, 0.25) is 5.91 Å². The molecule has 1 heterocycles. The molecule has 1 aromatic rings. The normalized spacial score (nSPS) is 10.4. The van der Waals surface area contributed by atoms with Gasteiger partial charge in [-0.05, 0) is 34.5 Å². The molecule has 0 bridgehead atoms. The molecule has 0 aliphatic heterocycles. The zero-order chi connectivity index (χ0) is 10.7.